The van der Waals surface area contributed by atoms with Crippen molar-refractivity contribution in [2.75, 3.05) is 0 Å². The average molecular weight is 338 g/mol. The Bertz CT molecular complexity index is 882. The number of nitrogens with zero attached hydrogens (tertiary/aromatic N) is 2. The first-order valence-electron chi connectivity index (χ1n) is 9.03. The van der Waals surface area contributed by atoms with Crippen LogP contribution in [0.5, 0.6) is 0 Å². The summed E-state index contributed by atoms with van der Waals surface area (Å²) >= 11 is 0. The highest BCUT2D eigenvalue weighted by atomic mass is 15.1. The second kappa shape index (κ2) is 7.83. The number of benzene rings is 3. The lowest BCUT2D eigenvalue weighted by Gasteiger charge is -2.08. The molecule has 0 atom stereocenters. The molecule has 0 saturated heterocycles. The first kappa shape index (κ1) is 16.3. The van der Waals surface area contributed by atoms with Crippen molar-refractivity contribution >= 4 is 0 Å². The summed E-state index contributed by atoms with van der Waals surface area (Å²) in [4.78, 5) is 4.96. The summed E-state index contributed by atoms with van der Waals surface area (Å²) in [5, 5.41) is 0. The first-order chi connectivity index (χ1) is 12.9. The smallest absolute Gasteiger partial charge is 0.113 e. The van der Waals surface area contributed by atoms with Crippen molar-refractivity contribution in [1.29, 1.82) is 0 Å². The van der Waals surface area contributed by atoms with Gasteiger partial charge in [0.05, 0.1) is 5.69 Å². The van der Waals surface area contributed by atoms with Crippen LogP contribution in [0.25, 0.3) is 0 Å². The van der Waals surface area contributed by atoms with Gasteiger partial charge in [0.25, 0.3) is 0 Å². The molecule has 0 unspecified atom stereocenters. The largest absolute Gasteiger partial charge is 0.330 e. The van der Waals surface area contributed by atoms with E-state index in [0.29, 0.717) is 0 Å². The van der Waals surface area contributed by atoms with Crippen molar-refractivity contribution in [3.8, 4) is 0 Å². The van der Waals surface area contributed by atoms with E-state index in [4.69, 9.17) is 4.98 Å². The van der Waals surface area contributed by atoms with Gasteiger partial charge < -0.3 is 4.57 Å². The second-order valence-corrected chi connectivity index (χ2v) is 6.59. The molecule has 3 aromatic carbocycles. The number of hydrogen-bond acceptors (Lipinski definition) is 1. The molecule has 0 amide bonds. The van der Waals surface area contributed by atoms with E-state index in [2.05, 4.69) is 102 Å². The van der Waals surface area contributed by atoms with E-state index < -0.39 is 0 Å². The molecule has 1 aromatic heterocycles. The van der Waals surface area contributed by atoms with E-state index >= 15 is 0 Å². The molecule has 0 saturated carbocycles. The number of rotatable bonds is 6. The van der Waals surface area contributed by atoms with Gasteiger partial charge in [0.1, 0.15) is 5.82 Å². The topological polar surface area (TPSA) is 17.8 Å². The summed E-state index contributed by atoms with van der Waals surface area (Å²) in [5.74, 6) is 1.12. The van der Waals surface area contributed by atoms with Crippen LogP contribution in [0.3, 0.4) is 0 Å². The van der Waals surface area contributed by atoms with Crippen LogP contribution in [0.15, 0.2) is 97.2 Å². The molecular formula is C24H22N2. The number of hydrogen-bond donors (Lipinski definition) is 0. The molecule has 1 heterocycles. The molecule has 0 fully saturated rings. The van der Waals surface area contributed by atoms with Crippen molar-refractivity contribution in [2.45, 2.75) is 19.4 Å². The standard InChI is InChI=1S/C24H22N2/c1-4-10-20(11-5-1)16-23-19-26(18-22-14-8-3-9-15-22)24(25-23)17-21-12-6-2-7-13-21/h1-15,19H,16-18H2. The summed E-state index contributed by atoms with van der Waals surface area (Å²) < 4.78 is 2.29. The highest BCUT2D eigenvalue weighted by molar-refractivity contribution is 5.25. The predicted octanol–water partition coefficient (Wildman–Crippen LogP) is 5.11. The fourth-order valence-electron chi connectivity index (χ4n) is 3.24. The van der Waals surface area contributed by atoms with Crippen LogP contribution in [0.1, 0.15) is 28.2 Å². The van der Waals surface area contributed by atoms with E-state index in [-0.39, 0.29) is 0 Å². The van der Waals surface area contributed by atoms with Crippen molar-refractivity contribution in [2.24, 2.45) is 0 Å². The van der Waals surface area contributed by atoms with Crippen LogP contribution in [0.2, 0.25) is 0 Å². The molecule has 0 aliphatic carbocycles. The number of imidazole rings is 1. The Labute approximate surface area is 154 Å². The minimum absolute atomic E-state index is 0.850. The van der Waals surface area contributed by atoms with E-state index in [1.54, 1.807) is 0 Å². The monoisotopic (exact) mass is 338 g/mol. The molecule has 26 heavy (non-hydrogen) atoms. The maximum absolute atomic E-state index is 4.96. The van der Waals surface area contributed by atoms with Crippen LogP contribution in [-0.2, 0) is 19.4 Å². The molecule has 0 aliphatic heterocycles. The molecule has 128 valence electrons. The van der Waals surface area contributed by atoms with E-state index in [0.717, 1.165) is 30.9 Å². The third-order valence-electron chi connectivity index (χ3n) is 4.54. The molecule has 2 nitrogen and oxygen atoms in total. The van der Waals surface area contributed by atoms with Gasteiger partial charge in [0.2, 0.25) is 0 Å². The third kappa shape index (κ3) is 4.09. The minimum Gasteiger partial charge on any atom is -0.330 e. The predicted molar refractivity (Wildman–Crippen MR) is 106 cm³/mol. The fourth-order valence-corrected chi connectivity index (χ4v) is 3.24. The Hall–Kier alpha value is -3.13. The van der Waals surface area contributed by atoms with Gasteiger partial charge in [-0.3, -0.25) is 0 Å². The maximum Gasteiger partial charge on any atom is 0.113 e. The highest BCUT2D eigenvalue weighted by Crippen LogP contribution is 2.15. The number of aromatic nitrogens is 2. The van der Waals surface area contributed by atoms with Crippen LogP contribution < -0.4 is 0 Å². The summed E-state index contributed by atoms with van der Waals surface area (Å²) in [6, 6.07) is 31.7. The SMILES string of the molecule is c1ccc(Cc2cn(Cc3ccccc3)c(Cc3ccccc3)n2)cc1. The van der Waals surface area contributed by atoms with Gasteiger partial charge in [0, 0.05) is 25.6 Å². The Morgan fingerprint density at radius 3 is 1.65 bits per heavy atom. The van der Waals surface area contributed by atoms with Gasteiger partial charge in [0.15, 0.2) is 0 Å². The molecule has 0 radical (unpaired) electrons. The minimum atomic E-state index is 0.850. The molecule has 0 N–H and O–H groups in total. The lowest BCUT2D eigenvalue weighted by Crippen LogP contribution is -2.05. The van der Waals surface area contributed by atoms with Gasteiger partial charge in [-0.15, -0.1) is 0 Å². The average Bonchev–Trinajstić information content (AvgIpc) is 3.05. The van der Waals surface area contributed by atoms with Gasteiger partial charge in [-0.2, -0.15) is 0 Å². The van der Waals surface area contributed by atoms with Crippen molar-refractivity contribution in [3.05, 3.63) is 125 Å². The van der Waals surface area contributed by atoms with Crippen molar-refractivity contribution in [1.82, 2.24) is 9.55 Å². The van der Waals surface area contributed by atoms with Crippen molar-refractivity contribution in [3.63, 3.8) is 0 Å². The Morgan fingerprint density at radius 1 is 0.577 bits per heavy atom. The molecular weight excluding hydrogens is 316 g/mol. The normalized spacial score (nSPS) is 10.8. The molecule has 2 heteroatoms. The summed E-state index contributed by atoms with van der Waals surface area (Å²) in [6.07, 6.45) is 3.92. The van der Waals surface area contributed by atoms with Crippen LogP contribution in [-0.4, -0.2) is 9.55 Å². The van der Waals surface area contributed by atoms with E-state index in [9.17, 15) is 0 Å². The lowest BCUT2D eigenvalue weighted by molar-refractivity contribution is 0.740. The zero-order chi connectivity index (χ0) is 17.6. The first-order valence-corrected chi connectivity index (χ1v) is 9.03. The van der Waals surface area contributed by atoms with Gasteiger partial charge in [-0.25, -0.2) is 4.98 Å². The third-order valence-corrected chi connectivity index (χ3v) is 4.54. The lowest BCUT2D eigenvalue weighted by atomic mass is 10.1. The summed E-state index contributed by atoms with van der Waals surface area (Å²) in [6.45, 7) is 0.852. The van der Waals surface area contributed by atoms with Crippen molar-refractivity contribution < 1.29 is 0 Å². The maximum atomic E-state index is 4.96. The molecule has 4 rings (SSSR count). The Morgan fingerprint density at radius 2 is 1.08 bits per heavy atom. The van der Waals surface area contributed by atoms with Crippen LogP contribution in [0, 0.1) is 0 Å². The second-order valence-electron chi connectivity index (χ2n) is 6.59. The van der Waals surface area contributed by atoms with E-state index in [1.165, 1.54) is 16.7 Å². The molecule has 0 spiro atoms. The van der Waals surface area contributed by atoms with Crippen LogP contribution >= 0.6 is 0 Å². The van der Waals surface area contributed by atoms with Gasteiger partial charge in [-0.05, 0) is 16.7 Å². The van der Waals surface area contributed by atoms with E-state index in [1.807, 2.05) is 0 Å². The Kier molecular flexibility index (Phi) is 4.92. The zero-order valence-corrected chi connectivity index (χ0v) is 14.8. The van der Waals surface area contributed by atoms with Gasteiger partial charge >= 0.3 is 0 Å². The summed E-state index contributed by atoms with van der Waals surface area (Å²) in [7, 11) is 0. The molecule has 0 bridgehead atoms. The fraction of sp³-hybridized carbons (Fsp3) is 0.125. The Balaban J connectivity index is 1.63. The van der Waals surface area contributed by atoms with Gasteiger partial charge in [-0.1, -0.05) is 91.0 Å². The quantitative estimate of drug-likeness (QED) is 0.477. The van der Waals surface area contributed by atoms with Crippen LogP contribution in [0.4, 0.5) is 0 Å². The molecule has 0 aliphatic rings. The summed E-state index contributed by atoms with van der Waals surface area (Å²) in [5.41, 5.74) is 5.00. The zero-order valence-electron chi connectivity index (χ0n) is 14.8. The molecule has 4 aromatic rings. The highest BCUT2D eigenvalue weighted by Gasteiger charge is 2.10.